The molecule has 0 aromatic carbocycles. The first-order valence-electron chi connectivity index (χ1n) is 8.96. The maximum absolute atomic E-state index is 9.72. The summed E-state index contributed by atoms with van der Waals surface area (Å²) in [6.07, 6.45) is 15.3. The van der Waals surface area contributed by atoms with Gasteiger partial charge in [-0.1, -0.05) is 39.5 Å². The van der Waals surface area contributed by atoms with Gasteiger partial charge in [-0.2, -0.15) is 5.26 Å². The van der Waals surface area contributed by atoms with E-state index in [2.05, 4.69) is 29.9 Å². The molecule has 120 valence electrons. The Hall–Kier alpha value is -1.43. The van der Waals surface area contributed by atoms with Crippen LogP contribution in [0.25, 0.3) is 0 Å². The molecule has 0 bridgehead atoms. The Kier molecular flexibility index (Phi) is 6.36. The van der Waals surface area contributed by atoms with Crippen LogP contribution in [-0.2, 0) is 11.8 Å². The van der Waals surface area contributed by atoms with Crippen LogP contribution in [0.5, 0.6) is 0 Å². The van der Waals surface area contributed by atoms with Gasteiger partial charge in [0.1, 0.15) is 11.2 Å². The second kappa shape index (κ2) is 8.27. The van der Waals surface area contributed by atoms with E-state index in [1.165, 1.54) is 37.7 Å². The molecule has 3 nitrogen and oxygen atoms in total. The van der Waals surface area contributed by atoms with Crippen LogP contribution in [0.4, 0.5) is 0 Å². The van der Waals surface area contributed by atoms with Crippen molar-refractivity contribution in [3.8, 4) is 6.07 Å². The molecule has 1 aliphatic rings. The molecule has 0 aliphatic heterocycles. The van der Waals surface area contributed by atoms with Crippen molar-refractivity contribution in [1.29, 1.82) is 5.26 Å². The Morgan fingerprint density at radius 1 is 1.14 bits per heavy atom. The number of hydrogen-bond acceptors (Lipinski definition) is 3. The van der Waals surface area contributed by atoms with Crippen LogP contribution < -0.4 is 0 Å². The summed E-state index contributed by atoms with van der Waals surface area (Å²) < 4.78 is 0. The average molecular weight is 299 g/mol. The molecule has 0 N–H and O–H groups in total. The molecule has 0 amide bonds. The summed E-state index contributed by atoms with van der Waals surface area (Å²) in [4.78, 5) is 9.12. The maximum Gasteiger partial charge on any atom is 0.148 e. The lowest BCUT2D eigenvalue weighted by molar-refractivity contribution is 0.257. The van der Waals surface area contributed by atoms with Gasteiger partial charge in [0.15, 0.2) is 0 Å². The normalized spacial score (nSPS) is 24.9. The number of nitrogens with zero attached hydrogens (tertiary/aromatic N) is 3. The number of aromatic nitrogens is 2. The Morgan fingerprint density at radius 2 is 1.82 bits per heavy atom. The fourth-order valence-corrected chi connectivity index (χ4v) is 3.56. The van der Waals surface area contributed by atoms with Gasteiger partial charge in [-0.25, -0.2) is 9.97 Å². The number of aryl methyl sites for hydroxylation is 1. The minimum absolute atomic E-state index is 0.438. The zero-order chi connectivity index (χ0) is 15.8. The first kappa shape index (κ1) is 16.9. The van der Waals surface area contributed by atoms with Gasteiger partial charge >= 0.3 is 0 Å². The SMILES string of the molecule is CCCCCc1cnc(C2(C#N)CCC(CCC)CC2)nc1. The molecule has 1 heterocycles. The molecule has 2 rings (SSSR count). The third-order valence-corrected chi connectivity index (χ3v) is 5.07. The van der Waals surface area contributed by atoms with Crippen LogP contribution in [-0.4, -0.2) is 9.97 Å². The molecule has 0 unspecified atom stereocenters. The lowest BCUT2D eigenvalue weighted by atomic mass is 9.70. The van der Waals surface area contributed by atoms with Crippen LogP contribution in [0.1, 0.15) is 83.0 Å². The summed E-state index contributed by atoms with van der Waals surface area (Å²) in [6, 6.07) is 2.54. The highest BCUT2D eigenvalue weighted by molar-refractivity contribution is 5.22. The van der Waals surface area contributed by atoms with Gasteiger partial charge in [-0.05, 0) is 50.0 Å². The Labute approximate surface area is 135 Å². The fourth-order valence-electron chi connectivity index (χ4n) is 3.56. The summed E-state index contributed by atoms with van der Waals surface area (Å²) in [6.45, 7) is 4.46. The van der Waals surface area contributed by atoms with Gasteiger partial charge in [0.25, 0.3) is 0 Å². The second-order valence-corrected chi connectivity index (χ2v) is 6.80. The molecule has 0 spiro atoms. The highest BCUT2D eigenvalue weighted by Crippen LogP contribution is 2.41. The van der Waals surface area contributed by atoms with E-state index in [9.17, 15) is 5.26 Å². The second-order valence-electron chi connectivity index (χ2n) is 6.80. The van der Waals surface area contributed by atoms with Gasteiger partial charge in [-0.3, -0.25) is 0 Å². The van der Waals surface area contributed by atoms with E-state index in [0.717, 1.165) is 43.8 Å². The number of nitriles is 1. The van der Waals surface area contributed by atoms with Gasteiger partial charge in [0.05, 0.1) is 6.07 Å². The molecule has 1 saturated carbocycles. The summed E-state index contributed by atoms with van der Waals surface area (Å²) in [5, 5.41) is 9.72. The van der Waals surface area contributed by atoms with Gasteiger partial charge in [0.2, 0.25) is 0 Å². The number of hydrogen-bond donors (Lipinski definition) is 0. The minimum atomic E-state index is -0.438. The van der Waals surface area contributed by atoms with Gasteiger partial charge in [0, 0.05) is 12.4 Å². The van der Waals surface area contributed by atoms with Crippen LogP contribution >= 0.6 is 0 Å². The lowest BCUT2D eigenvalue weighted by Gasteiger charge is -2.33. The molecule has 1 aromatic rings. The van der Waals surface area contributed by atoms with Crippen molar-refractivity contribution in [3.63, 3.8) is 0 Å². The standard InChI is InChI=1S/C19H29N3/c1-3-5-6-8-17-13-21-18(22-14-17)19(15-20)11-9-16(7-4-2)10-12-19/h13-14,16H,3-12H2,1-2H3. The largest absolute Gasteiger partial charge is 0.239 e. The van der Waals surface area contributed by atoms with Crippen molar-refractivity contribution < 1.29 is 0 Å². The van der Waals surface area contributed by atoms with Crippen molar-refractivity contribution in [2.24, 2.45) is 5.92 Å². The molecule has 3 heteroatoms. The highest BCUT2D eigenvalue weighted by Gasteiger charge is 2.39. The topological polar surface area (TPSA) is 49.6 Å². The zero-order valence-corrected chi connectivity index (χ0v) is 14.1. The summed E-state index contributed by atoms with van der Waals surface area (Å²) in [7, 11) is 0. The van der Waals surface area contributed by atoms with E-state index in [1.54, 1.807) is 0 Å². The van der Waals surface area contributed by atoms with Crippen molar-refractivity contribution in [1.82, 2.24) is 9.97 Å². The van der Waals surface area contributed by atoms with Crippen molar-refractivity contribution in [2.45, 2.75) is 83.5 Å². The van der Waals surface area contributed by atoms with Crippen molar-refractivity contribution >= 4 is 0 Å². The summed E-state index contributed by atoms with van der Waals surface area (Å²) in [5.41, 5.74) is 0.761. The van der Waals surface area contributed by atoms with Crippen LogP contribution in [0, 0.1) is 17.2 Å². The molecule has 22 heavy (non-hydrogen) atoms. The third kappa shape index (κ3) is 4.06. The van der Waals surface area contributed by atoms with Crippen molar-refractivity contribution in [2.75, 3.05) is 0 Å². The molecular formula is C19H29N3. The lowest BCUT2D eigenvalue weighted by Crippen LogP contribution is -2.32. The van der Waals surface area contributed by atoms with Crippen LogP contribution in [0.3, 0.4) is 0 Å². The quantitative estimate of drug-likeness (QED) is 0.668. The third-order valence-electron chi connectivity index (χ3n) is 5.07. The first-order valence-corrected chi connectivity index (χ1v) is 8.96. The van der Waals surface area contributed by atoms with Gasteiger partial charge < -0.3 is 0 Å². The minimum Gasteiger partial charge on any atom is -0.239 e. The molecule has 1 aromatic heterocycles. The zero-order valence-electron chi connectivity index (χ0n) is 14.1. The van der Waals surface area contributed by atoms with Gasteiger partial charge in [-0.15, -0.1) is 0 Å². The monoisotopic (exact) mass is 299 g/mol. The van der Waals surface area contributed by atoms with E-state index in [4.69, 9.17) is 0 Å². The molecule has 0 atom stereocenters. The van der Waals surface area contributed by atoms with E-state index in [0.29, 0.717) is 0 Å². The van der Waals surface area contributed by atoms with Crippen LogP contribution in [0.2, 0.25) is 0 Å². The van der Waals surface area contributed by atoms with E-state index < -0.39 is 5.41 Å². The summed E-state index contributed by atoms with van der Waals surface area (Å²) in [5.74, 6) is 1.55. The smallest absolute Gasteiger partial charge is 0.148 e. The predicted octanol–water partition coefficient (Wildman–Crippen LogP) is 4.96. The molecule has 0 radical (unpaired) electrons. The predicted molar refractivity (Wildman–Crippen MR) is 89.4 cm³/mol. The molecule has 1 fully saturated rings. The number of unbranched alkanes of at least 4 members (excludes halogenated alkanes) is 2. The van der Waals surface area contributed by atoms with E-state index in [1.807, 2.05) is 12.4 Å². The molecule has 1 aliphatic carbocycles. The molecule has 0 saturated heterocycles. The number of rotatable bonds is 7. The summed E-state index contributed by atoms with van der Waals surface area (Å²) >= 11 is 0. The van der Waals surface area contributed by atoms with E-state index >= 15 is 0 Å². The fraction of sp³-hybridized carbons (Fsp3) is 0.737. The average Bonchev–Trinajstić information content (AvgIpc) is 2.57. The Balaban J connectivity index is 2.01. The molecular weight excluding hydrogens is 270 g/mol. The van der Waals surface area contributed by atoms with E-state index in [-0.39, 0.29) is 0 Å². The van der Waals surface area contributed by atoms with Crippen molar-refractivity contribution in [3.05, 3.63) is 23.8 Å². The highest BCUT2D eigenvalue weighted by atomic mass is 14.9. The Bertz CT molecular complexity index is 478. The van der Waals surface area contributed by atoms with Crippen LogP contribution in [0.15, 0.2) is 12.4 Å². The Morgan fingerprint density at radius 3 is 2.36 bits per heavy atom. The first-order chi connectivity index (χ1) is 10.7. The maximum atomic E-state index is 9.72.